The number of aromatic hydroxyl groups is 1. The highest BCUT2D eigenvalue weighted by Crippen LogP contribution is 2.37. The molecular weight excluding hydrogens is 442 g/mol. The summed E-state index contributed by atoms with van der Waals surface area (Å²) in [4.78, 5) is 15.0. The van der Waals surface area contributed by atoms with Crippen LogP contribution in [0.25, 0.3) is 11.3 Å². The van der Waals surface area contributed by atoms with Crippen molar-refractivity contribution >= 4 is 17.6 Å². The summed E-state index contributed by atoms with van der Waals surface area (Å²) in [7, 11) is 0. The number of fused-ring (bicyclic) bond motifs is 1. The molecule has 8 nitrogen and oxygen atoms in total. The van der Waals surface area contributed by atoms with Gasteiger partial charge in [0.05, 0.1) is 0 Å². The number of carbonyl (C=O) groups is 1. The number of rotatable bonds is 5. The molecule has 4 aromatic rings. The molecule has 2 heterocycles. The summed E-state index contributed by atoms with van der Waals surface area (Å²) >= 11 is 0. The number of hydrogen-bond acceptors (Lipinski definition) is 6. The number of ether oxygens (including phenoxy) is 1. The van der Waals surface area contributed by atoms with Crippen molar-refractivity contribution < 1.29 is 14.6 Å². The highest BCUT2D eigenvalue weighted by atomic mass is 16.6. The molecule has 3 aromatic carbocycles. The summed E-state index contributed by atoms with van der Waals surface area (Å²) in [6.07, 6.45) is -0.447. The van der Waals surface area contributed by atoms with Gasteiger partial charge in [-0.15, -0.1) is 0 Å². The number of nitriles is 1. The van der Waals surface area contributed by atoms with E-state index in [0.29, 0.717) is 41.3 Å². The van der Waals surface area contributed by atoms with Crippen LogP contribution in [-0.4, -0.2) is 27.5 Å². The maximum Gasteiger partial charge on any atom is 0.416 e. The molecule has 1 unspecified atom stereocenters. The Balaban J connectivity index is 1.54. The number of phenols is 1. The van der Waals surface area contributed by atoms with Crippen LogP contribution in [0.15, 0.2) is 84.9 Å². The van der Waals surface area contributed by atoms with E-state index in [-0.39, 0.29) is 12.4 Å². The number of phenolic OH excluding ortho intramolecular Hbond substituents is 1. The number of aromatic nitrogens is 2. The molecule has 5 rings (SSSR count). The number of nitrogens with zero attached hydrogens (tertiary/aromatic N) is 4. The second kappa shape index (κ2) is 9.61. The van der Waals surface area contributed by atoms with Crippen molar-refractivity contribution in [2.45, 2.75) is 19.2 Å². The summed E-state index contributed by atoms with van der Waals surface area (Å²) in [5, 5.41) is 27.6. The van der Waals surface area contributed by atoms with Crippen molar-refractivity contribution in [3.8, 4) is 23.1 Å². The average Bonchev–Trinajstić information content (AvgIpc) is 3.29. The Morgan fingerprint density at radius 1 is 1.09 bits per heavy atom. The van der Waals surface area contributed by atoms with E-state index >= 15 is 0 Å². The molecule has 0 radical (unpaired) electrons. The molecule has 174 valence electrons. The fourth-order valence-electron chi connectivity index (χ4n) is 4.20. The minimum atomic E-state index is -0.505. The topological polar surface area (TPSA) is 103 Å². The number of benzene rings is 3. The van der Waals surface area contributed by atoms with Crippen LogP contribution in [0, 0.1) is 11.3 Å². The molecule has 0 saturated heterocycles. The van der Waals surface area contributed by atoms with E-state index in [1.807, 2.05) is 60.7 Å². The Bertz CT molecular complexity index is 1360. The Labute approximate surface area is 202 Å². The minimum Gasteiger partial charge on any atom is -0.508 e. The van der Waals surface area contributed by atoms with Gasteiger partial charge in [0.25, 0.3) is 0 Å². The van der Waals surface area contributed by atoms with Crippen molar-refractivity contribution in [3.05, 3.63) is 96.1 Å². The second-order valence-corrected chi connectivity index (χ2v) is 8.12. The molecule has 8 heteroatoms. The average molecular weight is 466 g/mol. The first-order valence-electron chi connectivity index (χ1n) is 11.3. The van der Waals surface area contributed by atoms with Gasteiger partial charge in [-0.1, -0.05) is 48.5 Å². The highest BCUT2D eigenvalue weighted by Gasteiger charge is 2.35. The van der Waals surface area contributed by atoms with Crippen molar-refractivity contribution in [3.63, 3.8) is 0 Å². The summed E-state index contributed by atoms with van der Waals surface area (Å²) in [5.74, 6) is 0.673. The van der Waals surface area contributed by atoms with Crippen molar-refractivity contribution in [2.24, 2.45) is 0 Å². The smallest absolute Gasteiger partial charge is 0.416 e. The van der Waals surface area contributed by atoms with E-state index < -0.39 is 12.3 Å². The number of carbonyl (C=O) groups excluding carboxylic acids is 1. The molecule has 1 amide bonds. The van der Waals surface area contributed by atoms with Gasteiger partial charge >= 0.3 is 6.09 Å². The van der Waals surface area contributed by atoms with E-state index in [0.717, 1.165) is 5.56 Å². The third-order valence-corrected chi connectivity index (χ3v) is 5.87. The lowest BCUT2D eigenvalue weighted by Gasteiger charge is -2.35. The quantitative estimate of drug-likeness (QED) is 0.415. The van der Waals surface area contributed by atoms with Gasteiger partial charge in [0.2, 0.25) is 0 Å². The van der Waals surface area contributed by atoms with Gasteiger partial charge in [-0.25, -0.2) is 9.48 Å². The van der Waals surface area contributed by atoms with Crippen LogP contribution in [0.1, 0.15) is 23.7 Å². The van der Waals surface area contributed by atoms with Crippen molar-refractivity contribution in [2.75, 3.05) is 16.8 Å². The number of hydrogen-bond donors (Lipinski definition) is 2. The fraction of sp³-hybridized carbons (Fsp3) is 0.148. The number of amides is 1. The SMILES string of the molecule is N#Cc1c(-c2ccc(O)cc2)nn2c1NCCC2N(C(=O)OCc1ccccc1)c1ccccc1. The first kappa shape index (κ1) is 22.0. The summed E-state index contributed by atoms with van der Waals surface area (Å²) in [6, 6.07) is 27.6. The maximum atomic E-state index is 13.4. The Morgan fingerprint density at radius 2 is 1.77 bits per heavy atom. The number of anilines is 2. The lowest BCUT2D eigenvalue weighted by molar-refractivity contribution is 0.140. The van der Waals surface area contributed by atoms with Crippen LogP contribution < -0.4 is 10.2 Å². The van der Waals surface area contributed by atoms with Gasteiger partial charge in [-0.05, 0) is 42.0 Å². The molecule has 1 aliphatic rings. The maximum absolute atomic E-state index is 13.4. The predicted octanol–water partition coefficient (Wildman–Crippen LogP) is 5.28. The molecular formula is C27H23N5O3. The minimum absolute atomic E-state index is 0.128. The molecule has 1 aliphatic heterocycles. The van der Waals surface area contributed by atoms with Gasteiger partial charge in [-0.2, -0.15) is 10.4 Å². The van der Waals surface area contributed by atoms with Crippen LogP contribution >= 0.6 is 0 Å². The molecule has 0 bridgehead atoms. The lowest BCUT2D eigenvalue weighted by Crippen LogP contribution is -2.42. The normalized spacial score (nSPS) is 14.3. The third-order valence-electron chi connectivity index (χ3n) is 5.87. The summed E-state index contributed by atoms with van der Waals surface area (Å²) in [5.41, 5.74) is 3.11. The molecule has 1 aromatic heterocycles. The van der Waals surface area contributed by atoms with E-state index in [1.165, 1.54) is 0 Å². The summed E-state index contributed by atoms with van der Waals surface area (Å²) in [6.45, 7) is 0.692. The zero-order chi connectivity index (χ0) is 24.2. The van der Waals surface area contributed by atoms with E-state index in [2.05, 4.69) is 11.4 Å². The van der Waals surface area contributed by atoms with E-state index in [4.69, 9.17) is 9.84 Å². The van der Waals surface area contributed by atoms with Crippen LogP contribution in [0.5, 0.6) is 5.75 Å². The lowest BCUT2D eigenvalue weighted by atomic mass is 10.1. The third kappa shape index (κ3) is 4.39. The van der Waals surface area contributed by atoms with Crippen LogP contribution in [0.3, 0.4) is 0 Å². The standard InChI is InChI=1S/C27H23N5O3/c28-17-23-25(20-11-13-22(33)14-12-20)30-32-24(15-16-29-26(23)32)31(21-9-5-2-6-10-21)27(34)35-18-19-7-3-1-4-8-19/h1-14,24,29,33H,15-16,18H2. The molecule has 0 spiro atoms. The molecule has 0 aliphatic carbocycles. The molecule has 0 saturated carbocycles. The van der Waals surface area contributed by atoms with Gasteiger partial charge < -0.3 is 15.2 Å². The Kier molecular flexibility index (Phi) is 6.05. The number of nitrogens with one attached hydrogen (secondary N) is 1. The summed E-state index contributed by atoms with van der Waals surface area (Å²) < 4.78 is 7.39. The molecule has 1 atom stereocenters. The van der Waals surface area contributed by atoms with Gasteiger partial charge in [0.15, 0.2) is 0 Å². The number of para-hydroxylation sites is 1. The highest BCUT2D eigenvalue weighted by molar-refractivity contribution is 5.88. The molecule has 2 N–H and O–H groups in total. The molecule has 35 heavy (non-hydrogen) atoms. The van der Waals surface area contributed by atoms with Gasteiger partial charge in [0.1, 0.15) is 41.7 Å². The van der Waals surface area contributed by atoms with Gasteiger partial charge in [-0.3, -0.25) is 4.90 Å². The predicted molar refractivity (Wildman–Crippen MR) is 132 cm³/mol. The van der Waals surface area contributed by atoms with Crippen LogP contribution in [-0.2, 0) is 11.3 Å². The largest absolute Gasteiger partial charge is 0.508 e. The van der Waals surface area contributed by atoms with Crippen LogP contribution in [0.4, 0.5) is 16.3 Å². The molecule has 0 fully saturated rings. The van der Waals surface area contributed by atoms with Gasteiger partial charge in [0, 0.05) is 24.2 Å². The Morgan fingerprint density at radius 3 is 2.46 bits per heavy atom. The van der Waals surface area contributed by atoms with E-state index in [1.54, 1.807) is 33.8 Å². The zero-order valence-electron chi connectivity index (χ0n) is 18.8. The second-order valence-electron chi connectivity index (χ2n) is 8.12. The van der Waals surface area contributed by atoms with Crippen LogP contribution in [0.2, 0.25) is 0 Å². The van der Waals surface area contributed by atoms with E-state index in [9.17, 15) is 15.2 Å². The van der Waals surface area contributed by atoms with Crippen molar-refractivity contribution in [1.29, 1.82) is 5.26 Å². The Hall–Kier alpha value is -4.77. The monoisotopic (exact) mass is 465 g/mol. The first-order valence-corrected chi connectivity index (χ1v) is 11.3. The fourth-order valence-corrected chi connectivity index (χ4v) is 4.20. The zero-order valence-corrected chi connectivity index (χ0v) is 18.8. The first-order chi connectivity index (χ1) is 17.2. The van der Waals surface area contributed by atoms with Crippen molar-refractivity contribution in [1.82, 2.24) is 9.78 Å².